The molecule has 1 aliphatic rings. The van der Waals surface area contributed by atoms with Crippen molar-refractivity contribution in [2.75, 3.05) is 6.26 Å². The normalized spacial score (nSPS) is 24.6. The number of rotatable bonds is 4. The maximum Gasteiger partial charge on any atom is 0.142 e. The summed E-state index contributed by atoms with van der Waals surface area (Å²) in [5, 5.41) is 4.98. The number of hydrogen-bond donors (Lipinski definition) is 1. The highest BCUT2D eigenvalue weighted by Gasteiger charge is 2.24. The molecule has 0 amide bonds. The summed E-state index contributed by atoms with van der Waals surface area (Å²) < 4.78 is 13.6. The summed E-state index contributed by atoms with van der Waals surface area (Å²) in [7, 11) is 0. The Kier molecular flexibility index (Phi) is 6.03. The molecule has 1 unspecified atom stereocenters. The van der Waals surface area contributed by atoms with E-state index in [0.717, 1.165) is 18.1 Å². The van der Waals surface area contributed by atoms with Gasteiger partial charge in [-0.15, -0.1) is 0 Å². The number of halogens is 3. The SMILES string of the molecule is CSC1CCC(NC(C)c2c(Cl)ccc(F)c2Cl)CC1. The Bertz CT molecular complexity index is 461. The third-order valence-corrected chi connectivity index (χ3v) is 5.86. The van der Waals surface area contributed by atoms with Crippen LogP contribution in [0.3, 0.4) is 0 Å². The standard InChI is InChI=1S/C15H20Cl2FNS/c1-9(14-12(16)7-8-13(18)15(14)17)19-10-3-5-11(20-2)6-4-10/h7-11,19H,3-6H2,1-2H3. The molecule has 2 rings (SSSR count). The van der Waals surface area contributed by atoms with E-state index >= 15 is 0 Å². The number of thioether (sulfide) groups is 1. The first-order valence-electron chi connectivity index (χ1n) is 6.95. The van der Waals surface area contributed by atoms with Gasteiger partial charge in [-0.1, -0.05) is 23.2 Å². The molecule has 1 nitrogen and oxygen atoms in total. The lowest BCUT2D eigenvalue weighted by atomic mass is 9.93. The Hall–Kier alpha value is 0.0400. The van der Waals surface area contributed by atoms with Crippen molar-refractivity contribution >= 4 is 35.0 Å². The lowest BCUT2D eigenvalue weighted by molar-refractivity contribution is 0.352. The van der Waals surface area contributed by atoms with Gasteiger partial charge in [-0.2, -0.15) is 11.8 Å². The molecule has 1 N–H and O–H groups in total. The fourth-order valence-corrected chi connectivity index (χ4v) is 4.28. The van der Waals surface area contributed by atoms with E-state index in [9.17, 15) is 4.39 Å². The Labute approximate surface area is 134 Å². The van der Waals surface area contributed by atoms with Gasteiger partial charge in [0.15, 0.2) is 0 Å². The molecule has 0 radical (unpaired) electrons. The van der Waals surface area contributed by atoms with Crippen molar-refractivity contribution in [3.63, 3.8) is 0 Å². The molecule has 0 bridgehead atoms. The van der Waals surface area contributed by atoms with E-state index in [4.69, 9.17) is 23.2 Å². The highest BCUT2D eigenvalue weighted by Crippen LogP contribution is 2.34. The Morgan fingerprint density at radius 2 is 1.90 bits per heavy atom. The second-order valence-electron chi connectivity index (χ2n) is 5.35. The minimum atomic E-state index is -0.411. The van der Waals surface area contributed by atoms with E-state index in [1.165, 1.54) is 18.9 Å². The van der Waals surface area contributed by atoms with Crippen LogP contribution in [0, 0.1) is 5.82 Å². The van der Waals surface area contributed by atoms with Crippen LogP contribution in [0.1, 0.15) is 44.2 Å². The van der Waals surface area contributed by atoms with Crippen molar-refractivity contribution in [2.24, 2.45) is 0 Å². The lowest BCUT2D eigenvalue weighted by Gasteiger charge is -2.31. The molecule has 20 heavy (non-hydrogen) atoms. The summed E-state index contributed by atoms with van der Waals surface area (Å²) in [6, 6.07) is 3.30. The molecule has 5 heteroatoms. The molecule has 0 heterocycles. The van der Waals surface area contributed by atoms with Crippen molar-refractivity contribution in [3.05, 3.63) is 33.6 Å². The van der Waals surface area contributed by atoms with Gasteiger partial charge in [0.05, 0.1) is 5.02 Å². The molecule has 0 saturated heterocycles. The fraction of sp³-hybridized carbons (Fsp3) is 0.600. The molecule has 1 fully saturated rings. The van der Waals surface area contributed by atoms with Gasteiger partial charge in [0.2, 0.25) is 0 Å². The van der Waals surface area contributed by atoms with E-state index in [-0.39, 0.29) is 11.1 Å². The van der Waals surface area contributed by atoms with E-state index < -0.39 is 5.82 Å². The molecule has 0 aromatic heterocycles. The molecule has 0 spiro atoms. The van der Waals surface area contributed by atoms with Crippen molar-refractivity contribution in [2.45, 2.75) is 49.9 Å². The van der Waals surface area contributed by atoms with Crippen LogP contribution in [-0.4, -0.2) is 17.5 Å². The van der Waals surface area contributed by atoms with Crippen LogP contribution in [0.15, 0.2) is 12.1 Å². The fourth-order valence-electron chi connectivity index (χ4n) is 2.84. The number of benzene rings is 1. The van der Waals surface area contributed by atoms with Gasteiger partial charge in [-0.25, -0.2) is 4.39 Å². The van der Waals surface area contributed by atoms with Gasteiger partial charge in [-0.3, -0.25) is 0 Å². The molecule has 1 aromatic rings. The summed E-state index contributed by atoms with van der Waals surface area (Å²) >= 11 is 14.2. The first-order chi connectivity index (χ1) is 9.52. The van der Waals surface area contributed by atoms with Gasteiger partial charge in [0.1, 0.15) is 5.82 Å². The summed E-state index contributed by atoms with van der Waals surface area (Å²) in [4.78, 5) is 0. The maximum absolute atomic E-state index is 13.6. The van der Waals surface area contributed by atoms with Gasteiger partial charge in [0.25, 0.3) is 0 Å². The van der Waals surface area contributed by atoms with E-state index in [1.54, 1.807) is 6.07 Å². The molecule has 1 saturated carbocycles. The predicted octanol–water partition coefficient (Wildman–Crippen LogP) is 5.46. The third-order valence-electron chi connectivity index (χ3n) is 4.01. The smallest absolute Gasteiger partial charge is 0.142 e. The molecule has 1 aromatic carbocycles. The van der Waals surface area contributed by atoms with E-state index in [2.05, 4.69) is 11.6 Å². The summed E-state index contributed by atoms with van der Waals surface area (Å²) in [6.45, 7) is 1.99. The zero-order valence-corrected chi connectivity index (χ0v) is 14.1. The molecular formula is C15H20Cl2FNS. The average Bonchev–Trinajstić information content (AvgIpc) is 2.44. The number of nitrogens with one attached hydrogen (secondary N) is 1. The van der Waals surface area contributed by atoms with Crippen molar-refractivity contribution < 1.29 is 4.39 Å². The van der Waals surface area contributed by atoms with E-state index in [0.29, 0.717) is 16.6 Å². The van der Waals surface area contributed by atoms with Crippen molar-refractivity contribution in [1.29, 1.82) is 0 Å². The van der Waals surface area contributed by atoms with Gasteiger partial charge >= 0.3 is 0 Å². The quantitative estimate of drug-likeness (QED) is 0.733. The summed E-state index contributed by atoms with van der Waals surface area (Å²) in [5.74, 6) is -0.411. The minimum Gasteiger partial charge on any atom is -0.307 e. The van der Waals surface area contributed by atoms with Crippen LogP contribution in [0.5, 0.6) is 0 Å². The largest absolute Gasteiger partial charge is 0.307 e. The summed E-state index contributed by atoms with van der Waals surface area (Å²) in [6.07, 6.45) is 6.94. The third kappa shape index (κ3) is 3.82. The zero-order chi connectivity index (χ0) is 14.7. The van der Waals surface area contributed by atoms with Crippen LogP contribution >= 0.6 is 35.0 Å². The zero-order valence-electron chi connectivity index (χ0n) is 11.8. The first kappa shape index (κ1) is 16.4. The van der Waals surface area contributed by atoms with E-state index in [1.807, 2.05) is 18.7 Å². The van der Waals surface area contributed by atoms with Crippen LogP contribution in [0.2, 0.25) is 10.0 Å². The van der Waals surface area contributed by atoms with Crippen LogP contribution in [0.25, 0.3) is 0 Å². The molecule has 0 aliphatic heterocycles. The van der Waals surface area contributed by atoms with Crippen LogP contribution in [0.4, 0.5) is 4.39 Å². The molecule has 112 valence electrons. The Balaban J connectivity index is 2.02. The second kappa shape index (κ2) is 7.35. The second-order valence-corrected chi connectivity index (χ2v) is 7.28. The van der Waals surface area contributed by atoms with Gasteiger partial charge < -0.3 is 5.32 Å². The van der Waals surface area contributed by atoms with Crippen LogP contribution in [-0.2, 0) is 0 Å². The molecular weight excluding hydrogens is 316 g/mol. The molecule has 1 atom stereocenters. The van der Waals surface area contributed by atoms with Crippen molar-refractivity contribution in [3.8, 4) is 0 Å². The Morgan fingerprint density at radius 1 is 1.25 bits per heavy atom. The minimum absolute atomic E-state index is 0.0403. The Morgan fingerprint density at radius 3 is 2.50 bits per heavy atom. The van der Waals surface area contributed by atoms with Crippen molar-refractivity contribution in [1.82, 2.24) is 5.32 Å². The van der Waals surface area contributed by atoms with Gasteiger partial charge in [-0.05, 0) is 51.0 Å². The predicted molar refractivity (Wildman–Crippen MR) is 87.5 cm³/mol. The lowest BCUT2D eigenvalue weighted by Crippen LogP contribution is -2.35. The molecule has 1 aliphatic carbocycles. The summed E-state index contributed by atoms with van der Waals surface area (Å²) in [5.41, 5.74) is 0.667. The topological polar surface area (TPSA) is 12.0 Å². The highest BCUT2D eigenvalue weighted by atomic mass is 35.5. The highest BCUT2D eigenvalue weighted by molar-refractivity contribution is 7.99. The monoisotopic (exact) mass is 335 g/mol. The number of hydrogen-bond acceptors (Lipinski definition) is 2. The average molecular weight is 336 g/mol. The van der Waals surface area contributed by atoms with Gasteiger partial charge in [0, 0.05) is 27.9 Å². The maximum atomic E-state index is 13.6. The first-order valence-corrected chi connectivity index (χ1v) is 8.99. The van der Waals surface area contributed by atoms with Crippen LogP contribution < -0.4 is 5.32 Å².